The van der Waals surface area contributed by atoms with Gasteiger partial charge in [-0.15, -0.1) is 0 Å². The molecule has 9 heteroatoms. The Labute approximate surface area is 183 Å². The van der Waals surface area contributed by atoms with Crippen molar-refractivity contribution < 1.29 is 14.5 Å². The van der Waals surface area contributed by atoms with E-state index in [0.717, 1.165) is 44.6 Å². The molecule has 1 aromatic carbocycles. The van der Waals surface area contributed by atoms with Crippen LogP contribution in [-0.2, 0) is 4.79 Å². The Hall–Kier alpha value is -2.68. The van der Waals surface area contributed by atoms with Crippen molar-refractivity contribution in [1.29, 1.82) is 0 Å². The summed E-state index contributed by atoms with van der Waals surface area (Å²) in [6.45, 7) is 10.2. The summed E-state index contributed by atoms with van der Waals surface area (Å²) in [6.07, 6.45) is 2.76. The molecule has 0 radical (unpaired) electrons. The van der Waals surface area contributed by atoms with Gasteiger partial charge in [0.05, 0.1) is 11.5 Å². The number of anilines is 1. The lowest BCUT2D eigenvalue weighted by molar-refractivity contribution is -0.385. The molecule has 170 valence electrons. The molecule has 2 amide bonds. The predicted octanol–water partition coefficient (Wildman–Crippen LogP) is 2.21. The molecule has 2 fully saturated rings. The van der Waals surface area contributed by atoms with Crippen molar-refractivity contribution in [2.45, 2.75) is 33.1 Å². The van der Waals surface area contributed by atoms with E-state index in [4.69, 9.17) is 0 Å². The lowest BCUT2D eigenvalue weighted by Crippen LogP contribution is -2.41. The van der Waals surface area contributed by atoms with E-state index in [1.807, 2.05) is 18.7 Å². The van der Waals surface area contributed by atoms with Crippen LogP contribution in [-0.4, -0.2) is 90.3 Å². The highest BCUT2D eigenvalue weighted by Crippen LogP contribution is 2.28. The zero-order valence-corrected chi connectivity index (χ0v) is 18.6. The molecule has 1 aromatic rings. The number of amides is 2. The van der Waals surface area contributed by atoms with Crippen molar-refractivity contribution in [2.75, 3.05) is 63.8 Å². The van der Waals surface area contributed by atoms with Gasteiger partial charge in [0, 0.05) is 64.1 Å². The van der Waals surface area contributed by atoms with Gasteiger partial charge in [0.2, 0.25) is 5.91 Å². The van der Waals surface area contributed by atoms with Crippen LogP contribution in [0.4, 0.5) is 11.4 Å². The van der Waals surface area contributed by atoms with E-state index >= 15 is 0 Å². The van der Waals surface area contributed by atoms with E-state index < -0.39 is 4.92 Å². The second kappa shape index (κ2) is 10.6. The molecule has 31 heavy (non-hydrogen) atoms. The molecule has 2 saturated heterocycles. The third-order valence-corrected chi connectivity index (χ3v) is 6.23. The largest absolute Gasteiger partial charge is 0.370 e. The molecular weight excluding hydrogens is 398 g/mol. The first-order valence-corrected chi connectivity index (χ1v) is 11.3. The molecule has 2 aliphatic heterocycles. The normalized spacial score (nSPS) is 17.5. The molecular formula is C22H33N5O4. The Morgan fingerprint density at radius 3 is 2.35 bits per heavy atom. The molecule has 0 spiro atoms. The third kappa shape index (κ3) is 5.52. The number of nitro benzene ring substituents is 1. The number of likely N-dealkylation sites (tertiary alicyclic amines) is 1. The lowest BCUT2D eigenvalue weighted by atomic mass is 10.1. The van der Waals surface area contributed by atoms with E-state index in [0.29, 0.717) is 39.3 Å². The summed E-state index contributed by atoms with van der Waals surface area (Å²) in [5.41, 5.74) is 0.856. The minimum absolute atomic E-state index is 0.137. The summed E-state index contributed by atoms with van der Waals surface area (Å²) in [4.78, 5) is 44.3. The number of nitrogens with zero attached hydrogens (tertiary/aromatic N) is 5. The second-order valence-electron chi connectivity index (χ2n) is 8.14. The number of carbonyl (C=O) groups excluding carboxylic acids is 2. The van der Waals surface area contributed by atoms with E-state index in [-0.39, 0.29) is 23.1 Å². The zero-order valence-electron chi connectivity index (χ0n) is 18.6. The van der Waals surface area contributed by atoms with Gasteiger partial charge in [-0.1, -0.05) is 0 Å². The quantitative estimate of drug-likeness (QED) is 0.486. The number of carbonyl (C=O) groups is 2. The zero-order chi connectivity index (χ0) is 22.4. The Balaban J connectivity index is 1.72. The van der Waals surface area contributed by atoms with Crippen molar-refractivity contribution in [3.8, 4) is 0 Å². The van der Waals surface area contributed by atoms with Crippen molar-refractivity contribution in [3.63, 3.8) is 0 Å². The molecule has 2 aliphatic rings. The maximum atomic E-state index is 12.9. The first-order valence-electron chi connectivity index (χ1n) is 11.3. The van der Waals surface area contributed by atoms with Crippen LogP contribution in [0.15, 0.2) is 18.2 Å². The Morgan fingerprint density at radius 1 is 1.00 bits per heavy atom. The lowest BCUT2D eigenvalue weighted by Gasteiger charge is -2.26. The minimum Gasteiger partial charge on any atom is -0.370 e. The van der Waals surface area contributed by atoms with Crippen LogP contribution in [0.5, 0.6) is 0 Å². The van der Waals surface area contributed by atoms with E-state index in [1.165, 1.54) is 6.07 Å². The van der Waals surface area contributed by atoms with Gasteiger partial charge in [0.1, 0.15) is 5.56 Å². The molecule has 0 aromatic heterocycles. The monoisotopic (exact) mass is 431 g/mol. The van der Waals surface area contributed by atoms with Gasteiger partial charge >= 0.3 is 0 Å². The highest BCUT2D eigenvalue weighted by molar-refractivity contribution is 5.99. The summed E-state index contributed by atoms with van der Waals surface area (Å²) < 4.78 is 0. The number of hydrogen-bond donors (Lipinski definition) is 0. The minimum atomic E-state index is -0.476. The van der Waals surface area contributed by atoms with Crippen LogP contribution in [0, 0.1) is 10.1 Å². The van der Waals surface area contributed by atoms with Crippen molar-refractivity contribution in [3.05, 3.63) is 33.9 Å². The van der Waals surface area contributed by atoms with Gasteiger partial charge in [-0.25, -0.2) is 0 Å². The number of likely N-dealkylation sites (N-methyl/N-ethyl adjacent to an activating group) is 1. The maximum Gasteiger partial charge on any atom is 0.282 e. The van der Waals surface area contributed by atoms with E-state index in [2.05, 4.69) is 9.80 Å². The van der Waals surface area contributed by atoms with Gasteiger partial charge < -0.3 is 14.7 Å². The fourth-order valence-corrected chi connectivity index (χ4v) is 4.40. The third-order valence-electron chi connectivity index (χ3n) is 6.23. The fraction of sp³-hybridized carbons (Fsp3) is 0.636. The Kier molecular flexibility index (Phi) is 7.84. The summed E-state index contributed by atoms with van der Waals surface area (Å²) in [5, 5.41) is 11.5. The Morgan fingerprint density at radius 2 is 1.71 bits per heavy atom. The predicted molar refractivity (Wildman–Crippen MR) is 119 cm³/mol. The van der Waals surface area contributed by atoms with Crippen LogP contribution in [0.1, 0.15) is 43.5 Å². The molecule has 0 bridgehead atoms. The SMILES string of the molecule is CCN(CC)C(=O)CN1CCCN(c2ccc([N+](=O)[O-])c(C(=O)N3CCCC3)c2)CC1. The van der Waals surface area contributed by atoms with Crippen molar-refractivity contribution in [2.24, 2.45) is 0 Å². The van der Waals surface area contributed by atoms with Crippen LogP contribution in [0.25, 0.3) is 0 Å². The highest BCUT2D eigenvalue weighted by atomic mass is 16.6. The molecule has 0 aliphatic carbocycles. The molecule has 0 N–H and O–H groups in total. The van der Waals surface area contributed by atoms with Crippen molar-refractivity contribution >= 4 is 23.2 Å². The van der Waals surface area contributed by atoms with Gasteiger partial charge in [-0.05, 0) is 45.2 Å². The second-order valence-corrected chi connectivity index (χ2v) is 8.14. The summed E-state index contributed by atoms with van der Waals surface area (Å²) >= 11 is 0. The topological polar surface area (TPSA) is 90.2 Å². The summed E-state index contributed by atoms with van der Waals surface area (Å²) in [7, 11) is 0. The first-order chi connectivity index (χ1) is 14.9. The van der Waals surface area contributed by atoms with Gasteiger partial charge in [0.15, 0.2) is 0 Å². The van der Waals surface area contributed by atoms with Crippen molar-refractivity contribution in [1.82, 2.24) is 14.7 Å². The molecule has 0 unspecified atom stereocenters. The molecule has 3 rings (SSSR count). The van der Waals surface area contributed by atoms with Gasteiger partial charge in [-0.2, -0.15) is 0 Å². The van der Waals surface area contributed by atoms with E-state index in [9.17, 15) is 19.7 Å². The molecule has 9 nitrogen and oxygen atoms in total. The van der Waals surface area contributed by atoms with Gasteiger partial charge in [0.25, 0.3) is 11.6 Å². The number of rotatable bonds is 7. The average molecular weight is 432 g/mol. The fourth-order valence-electron chi connectivity index (χ4n) is 4.40. The number of benzene rings is 1. The number of hydrogen-bond acceptors (Lipinski definition) is 6. The summed E-state index contributed by atoms with van der Waals surface area (Å²) in [6, 6.07) is 4.86. The molecule has 0 atom stereocenters. The molecule has 2 heterocycles. The molecule has 0 saturated carbocycles. The van der Waals surface area contributed by atoms with E-state index in [1.54, 1.807) is 17.0 Å². The van der Waals surface area contributed by atoms with Crippen LogP contribution in [0.2, 0.25) is 0 Å². The smallest absolute Gasteiger partial charge is 0.282 e. The van der Waals surface area contributed by atoms with Crippen LogP contribution >= 0.6 is 0 Å². The average Bonchev–Trinajstić information content (AvgIpc) is 3.21. The van der Waals surface area contributed by atoms with Crippen LogP contribution in [0.3, 0.4) is 0 Å². The van der Waals surface area contributed by atoms with Gasteiger partial charge in [-0.3, -0.25) is 24.6 Å². The highest BCUT2D eigenvalue weighted by Gasteiger charge is 2.28. The first kappa shape index (κ1) is 23.0. The summed E-state index contributed by atoms with van der Waals surface area (Å²) in [5.74, 6) is -0.111. The van der Waals surface area contributed by atoms with Crippen LogP contribution < -0.4 is 4.90 Å². The number of nitro groups is 1. The Bertz CT molecular complexity index is 805. The maximum absolute atomic E-state index is 12.9. The standard InChI is InChI=1S/C22H33N5O4/c1-3-24(4-2)21(28)17-23-10-7-13-25(15-14-23)18-8-9-20(27(30)31)19(16-18)22(29)26-11-5-6-12-26/h8-9,16H,3-7,10-15,17H2,1-2H3.